The minimum absolute atomic E-state index is 0.352. The third-order valence-corrected chi connectivity index (χ3v) is 4.00. The van der Waals surface area contributed by atoms with Crippen LogP contribution < -0.4 is 0 Å². The largest absolute Gasteiger partial charge is 0.298 e. The highest BCUT2D eigenvalue weighted by atomic mass is 32.1. The summed E-state index contributed by atoms with van der Waals surface area (Å²) in [6, 6.07) is 2.13. The minimum Gasteiger partial charge on any atom is -0.298 e. The fourth-order valence-corrected chi connectivity index (χ4v) is 3.05. The van der Waals surface area contributed by atoms with E-state index >= 15 is 0 Å². The van der Waals surface area contributed by atoms with Gasteiger partial charge < -0.3 is 0 Å². The second kappa shape index (κ2) is 5.60. The van der Waals surface area contributed by atoms with Gasteiger partial charge in [-0.25, -0.2) is 0 Å². The maximum absolute atomic E-state index is 11.9. The Bertz CT molecular complexity index is 328. The molecule has 0 atom stereocenters. The summed E-state index contributed by atoms with van der Waals surface area (Å²) in [4.78, 5) is 14.1. The first-order valence-electron chi connectivity index (χ1n) is 5.98. The molecule has 1 aromatic heterocycles. The van der Waals surface area contributed by atoms with Gasteiger partial charge in [0, 0.05) is 12.5 Å². The van der Waals surface area contributed by atoms with Gasteiger partial charge >= 0.3 is 0 Å². The van der Waals surface area contributed by atoms with Crippen molar-refractivity contribution in [3.05, 3.63) is 22.4 Å². The number of ketones is 1. The molecule has 0 bridgehead atoms. The van der Waals surface area contributed by atoms with E-state index in [4.69, 9.17) is 0 Å². The van der Waals surface area contributed by atoms with E-state index in [-0.39, 0.29) is 0 Å². The number of rotatable bonds is 5. The molecule has 0 spiro atoms. The highest BCUT2D eigenvalue weighted by Gasteiger charge is 2.23. The zero-order chi connectivity index (χ0) is 11.4. The predicted molar refractivity (Wildman–Crippen MR) is 67.6 cm³/mol. The molecule has 1 fully saturated rings. The molecule has 0 unspecified atom stereocenters. The first-order chi connectivity index (χ1) is 7.75. The minimum atomic E-state index is 0.352. The van der Waals surface area contributed by atoms with E-state index in [2.05, 4.69) is 21.7 Å². The zero-order valence-corrected chi connectivity index (χ0v) is 10.6. The number of nitrogens with zero attached hydrogens (tertiary/aromatic N) is 1. The van der Waals surface area contributed by atoms with Gasteiger partial charge in [-0.1, -0.05) is 12.8 Å². The van der Waals surface area contributed by atoms with Crippen LogP contribution in [0.1, 0.15) is 31.2 Å². The van der Waals surface area contributed by atoms with E-state index in [1.54, 1.807) is 11.3 Å². The Kier molecular flexibility index (Phi) is 4.13. The van der Waals surface area contributed by atoms with Crippen LogP contribution in [0.3, 0.4) is 0 Å². The Hall–Kier alpha value is -0.670. The summed E-state index contributed by atoms with van der Waals surface area (Å²) in [5.41, 5.74) is 1.31. The molecule has 3 heteroatoms. The summed E-state index contributed by atoms with van der Waals surface area (Å²) in [6.07, 6.45) is 4.71. The van der Waals surface area contributed by atoms with E-state index in [9.17, 15) is 4.79 Å². The number of Topliss-reactive ketones (excluding diaryl/α,β-unsaturated/α-hetero) is 1. The number of thiophene rings is 1. The lowest BCUT2D eigenvalue weighted by Gasteiger charge is -2.17. The van der Waals surface area contributed by atoms with Gasteiger partial charge in [0.2, 0.25) is 0 Å². The van der Waals surface area contributed by atoms with Crippen LogP contribution in [0.4, 0.5) is 0 Å². The second-order valence-corrected chi connectivity index (χ2v) is 5.53. The summed E-state index contributed by atoms with van der Waals surface area (Å²) in [7, 11) is 2.03. The first-order valence-corrected chi connectivity index (χ1v) is 6.92. The Morgan fingerprint density at radius 2 is 2.25 bits per heavy atom. The summed E-state index contributed by atoms with van der Waals surface area (Å²) >= 11 is 1.71. The molecular formula is C13H19NOS. The lowest BCUT2D eigenvalue weighted by molar-refractivity contribution is -0.123. The first kappa shape index (κ1) is 11.8. The number of carbonyl (C=O) groups excluding carboxylic acids is 1. The van der Waals surface area contributed by atoms with E-state index in [0.717, 1.165) is 19.4 Å². The Morgan fingerprint density at radius 3 is 2.88 bits per heavy atom. The summed E-state index contributed by atoms with van der Waals surface area (Å²) in [5.74, 6) is 0.792. The molecule has 88 valence electrons. The van der Waals surface area contributed by atoms with E-state index in [1.807, 2.05) is 7.05 Å². The number of hydrogen-bond acceptors (Lipinski definition) is 3. The van der Waals surface area contributed by atoms with Gasteiger partial charge in [0.15, 0.2) is 0 Å². The number of hydrogen-bond donors (Lipinski definition) is 0. The van der Waals surface area contributed by atoms with E-state index < -0.39 is 0 Å². The maximum Gasteiger partial charge on any atom is 0.149 e. The molecule has 2 nitrogen and oxygen atoms in total. The van der Waals surface area contributed by atoms with Gasteiger partial charge in [0.05, 0.1) is 6.54 Å². The Labute approximate surface area is 101 Å². The fraction of sp³-hybridized carbons (Fsp3) is 0.615. The topological polar surface area (TPSA) is 20.3 Å². The van der Waals surface area contributed by atoms with E-state index in [0.29, 0.717) is 18.2 Å². The standard InChI is InChI=1S/C13H19NOS/c1-14(8-11-6-7-16-10-11)9-13(15)12-4-2-3-5-12/h6-7,10,12H,2-5,8-9H2,1H3. The quantitative estimate of drug-likeness (QED) is 0.784. The predicted octanol–water partition coefficient (Wildman–Crippen LogP) is 2.94. The lowest BCUT2D eigenvalue weighted by atomic mass is 10.0. The molecular weight excluding hydrogens is 218 g/mol. The van der Waals surface area contributed by atoms with Crippen LogP contribution in [0.15, 0.2) is 16.8 Å². The molecule has 1 saturated carbocycles. The van der Waals surface area contributed by atoms with Crippen LogP contribution >= 0.6 is 11.3 Å². The SMILES string of the molecule is CN(CC(=O)C1CCCC1)Cc1ccsc1. The molecule has 0 radical (unpaired) electrons. The van der Waals surface area contributed by atoms with Crippen molar-refractivity contribution in [1.82, 2.24) is 4.90 Å². The number of likely N-dealkylation sites (N-methyl/N-ethyl adjacent to an activating group) is 1. The van der Waals surface area contributed by atoms with Gasteiger partial charge in [-0.2, -0.15) is 11.3 Å². The second-order valence-electron chi connectivity index (χ2n) is 4.75. The highest BCUT2D eigenvalue weighted by Crippen LogP contribution is 2.25. The van der Waals surface area contributed by atoms with Crippen LogP contribution in [-0.2, 0) is 11.3 Å². The fourth-order valence-electron chi connectivity index (χ4n) is 2.39. The molecule has 1 aromatic rings. The van der Waals surface area contributed by atoms with Crippen molar-refractivity contribution in [3.63, 3.8) is 0 Å². The summed E-state index contributed by atoms with van der Waals surface area (Å²) < 4.78 is 0. The third-order valence-electron chi connectivity index (χ3n) is 3.27. The average molecular weight is 237 g/mol. The van der Waals surface area contributed by atoms with Crippen molar-refractivity contribution in [3.8, 4) is 0 Å². The van der Waals surface area contributed by atoms with Crippen LogP contribution in [0, 0.1) is 5.92 Å². The molecule has 16 heavy (non-hydrogen) atoms. The van der Waals surface area contributed by atoms with Crippen molar-refractivity contribution in [1.29, 1.82) is 0 Å². The van der Waals surface area contributed by atoms with Gasteiger partial charge in [-0.3, -0.25) is 9.69 Å². The molecule has 0 aromatic carbocycles. The highest BCUT2D eigenvalue weighted by molar-refractivity contribution is 7.07. The van der Waals surface area contributed by atoms with Gasteiger partial charge in [-0.05, 0) is 42.3 Å². The smallest absolute Gasteiger partial charge is 0.149 e. The Balaban J connectivity index is 1.78. The molecule has 1 aliphatic carbocycles. The normalized spacial score (nSPS) is 17.1. The molecule has 1 aliphatic rings. The van der Waals surface area contributed by atoms with Crippen LogP contribution in [0.5, 0.6) is 0 Å². The molecule has 1 heterocycles. The number of carbonyl (C=O) groups is 1. The molecule has 2 rings (SSSR count). The van der Waals surface area contributed by atoms with Crippen molar-refractivity contribution in [2.24, 2.45) is 5.92 Å². The third kappa shape index (κ3) is 3.16. The van der Waals surface area contributed by atoms with Crippen molar-refractivity contribution in [2.75, 3.05) is 13.6 Å². The lowest BCUT2D eigenvalue weighted by Crippen LogP contribution is -2.29. The van der Waals surface area contributed by atoms with Gasteiger partial charge in [0.1, 0.15) is 5.78 Å². The zero-order valence-electron chi connectivity index (χ0n) is 9.82. The molecule has 0 aliphatic heterocycles. The van der Waals surface area contributed by atoms with Crippen LogP contribution in [0.2, 0.25) is 0 Å². The Morgan fingerprint density at radius 1 is 1.50 bits per heavy atom. The van der Waals surface area contributed by atoms with Crippen LogP contribution in [-0.4, -0.2) is 24.3 Å². The van der Waals surface area contributed by atoms with Crippen molar-refractivity contribution in [2.45, 2.75) is 32.2 Å². The molecule has 0 saturated heterocycles. The summed E-state index contributed by atoms with van der Waals surface area (Å²) in [5, 5.41) is 4.23. The average Bonchev–Trinajstić information content (AvgIpc) is 2.88. The van der Waals surface area contributed by atoms with E-state index in [1.165, 1.54) is 18.4 Å². The molecule has 0 amide bonds. The van der Waals surface area contributed by atoms with Crippen LogP contribution in [0.25, 0.3) is 0 Å². The van der Waals surface area contributed by atoms with Gasteiger partial charge in [-0.15, -0.1) is 0 Å². The monoisotopic (exact) mass is 237 g/mol. The maximum atomic E-state index is 11.9. The van der Waals surface area contributed by atoms with Crippen molar-refractivity contribution < 1.29 is 4.79 Å². The van der Waals surface area contributed by atoms with Gasteiger partial charge in [0.25, 0.3) is 0 Å². The molecule has 0 N–H and O–H groups in total. The van der Waals surface area contributed by atoms with Crippen molar-refractivity contribution >= 4 is 17.1 Å². The summed E-state index contributed by atoms with van der Waals surface area (Å²) in [6.45, 7) is 1.50.